The summed E-state index contributed by atoms with van der Waals surface area (Å²) in [5.41, 5.74) is 1.87. The lowest BCUT2D eigenvalue weighted by atomic mass is 9.96. The molecule has 5 rings (SSSR count). The first-order valence-electron chi connectivity index (χ1n) is 10.4. The van der Waals surface area contributed by atoms with E-state index in [9.17, 15) is 13.2 Å². The Kier molecular flexibility index (Phi) is 4.73. The number of hydrogen-bond acceptors (Lipinski definition) is 6. The number of benzene rings is 1. The van der Waals surface area contributed by atoms with Gasteiger partial charge >= 0.3 is 6.18 Å². The maximum Gasteiger partial charge on any atom is 0.416 e. The van der Waals surface area contributed by atoms with E-state index in [1.807, 2.05) is 19.2 Å². The number of fused-ring (bicyclic) bond motifs is 2. The lowest BCUT2D eigenvalue weighted by molar-refractivity contribution is -0.138. The van der Waals surface area contributed by atoms with Crippen molar-refractivity contribution in [1.29, 1.82) is 0 Å². The van der Waals surface area contributed by atoms with E-state index < -0.39 is 17.8 Å². The molecule has 0 unspecified atom stereocenters. The van der Waals surface area contributed by atoms with Crippen molar-refractivity contribution in [3.8, 4) is 0 Å². The molecule has 162 valence electrons. The second-order valence-corrected chi connectivity index (χ2v) is 8.27. The lowest BCUT2D eigenvalue weighted by Crippen LogP contribution is -2.61. The van der Waals surface area contributed by atoms with Crippen molar-refractivity contribution in [3.05, 3.63) is 53.3 Å². The fourth-order valence-corrected chi connectivity index (χ4v) is 4.75. The van der Waals surface area contributed by atoms with E-state index in [4.69, 9.17) is 0 Å². The number of anilines is 2. The van der Waals surface area contributed by atoms with Crippen LogP contribution >= 0.6 is 0 Å². The van der Waals surface area contributed by atoms with Gasteiger partial charge in [0, 0.05) is 24.0 Å². The number of nitrogens with one attached hydrogen (secondary N) is 2. The van der Waals surface area contributed by atoms with Gasteiger partial charge in [0.05, 0.1) is 35.2 Å². The van der Waals surface area contributed by atoms with Crippen LogP contribution in [-0.4, -0.2) is 40.4 Å². The van der Waals surface area contributed by atoms with Crippen LogP contribution in [0.2, 0.25) is 0 Å². The van der Waals surface area contributed by atoms with Gasteiger partial charge in [-0.15, -0.1) is 5.10 Å². The molecular weight excluding hydrogens is 405 g/mol. The highest BCUT2D eigenvalue weighted by Gasteiger charge is 2.42. The van der Waals surface area contributed by atoms with Gasteiger partial charge in [0.1, 0.15) is 0 Å². The minimum Gasteiger partial charge on any atom is -0.364 e. The van der Waals surface area contributed by atoms with Gasteiger partial charge in [0.25, 0.3) is 0 Å². The van der Waals surface area contributed by atoms with Gasteiger partial charge < -0.3 is 15.5 Å². The van der Waals surface area contributed by atoms with E-state index in [2.05, 4.69) is 30.7 Å². The molecule has 9 heteroatoms. The lowest BCUT2D eigenvalue weighted by Gasteiger charge is -2.45. The molecule has 3 atom stereocenters. The summed E-state index contributed by atoms with van der Waals surface area (Å²) in [5, 5.41) is 15.8. The Balaban J connectivity index is 1.46. The van der Waals surface area contributed by atoms with E-state index in [1.165, 1.54) is 13.0 Å². The summed E-state index contributed by atoms with van der Waals surface area (Å²) in [6, 6.07) is 6.92. The third-order valence-electron chi connectivity index (χ3n) is 6.43. The van der Waals surface area contributed by atoms with Crippen molar-refractivity contribution in [2.24, 2.45) is 0 Å². The molecule has 0 bridgehead atoms. The van der Waals surface area contributed by atoms with Crippen LogP contribution in [0, 0.1) is 6.92 Å². The Labute approximate surface area is 177 Å². The Bertz CT molecular complexity index is 1130. The molecule has 2 aromatic heterocycles. The standard InChI is InChI=1S/C22H23F3N6/c1-12-15(4-3-5-17(12)22(23,24)25)13(2)29-21-16-8-14(9-27-18(16)10-28-30-21)31-11-19-20(31)6-7-26-19/h3-5,8-10,13,19-20,26H,6-7,11H2,1-2H3,(H,29,30)/t13-,19-,20-/m1/s1. The average molecular weight is 428 g/mol. The summed E-state index contributed by atoms with van der Waals surface area (Å²) < 4.78 is 40.0. The molecule has 0 amide bonds. The third kappa shape index (κ3) is 3.46. The van der Waals surface area contributed by atoms with Crippen molar-refractivity contribution >= 4 is 22.4 Å². The number of hydrogen-bond donors (Lipinski definition) is 2. The Morgan fingerprint density at radius 2 is 2.10 bits per heavy atom. The van der Waals surface area contributed by atoms with Crippen LogP contribution in [0.1, 0.15) is 36.1 Å². The van der Waals surface area contributed by atoms with Gasteiger partial charge in [-0.25, -0.2) is 0 Å². The Morgan fingerprint density at radius 1 is 1.26 bits per heavy atom. The maximum absolute atomic E-state index is 13.3. The van der Waals surface area contributed by atoms with E-state index in [0.29, 0.717) is 29.0 Å². The Hall–Kier alpha value is -2.94. The zero-order valence-electron chi connectivity index (χ0n) is 17.2. The average Bonchev–Trinajstić information content (AvgIpc) is 3.08. The van der Waals surface area contributed by atoms with Crippen LogP contribution in [-0.2, 0) is 6.18 Å². The van der Waals surface area contributed by atoms with Gasteiger partial charge in [-0.3, -0.25) is 4.98 Å². The summed E-state index contributed by atoms with van der Waals surface area (Å²) in [5.74, 6) is 0.512. The zero-order valence-corrected chi connectivity index (χ0v) is 17.2. The monoisotopic (exact) mass is 428 g/mol. The predicted octanol–water partition coefficient (Wildman–Crippen LogP) is 4.08. The Morgan fingerprint density at radius 3 is 2.87 bits per heavy atom. The summed E-state index contributed by atoms with van der Waals surface area (Å²) in [6.07, 6.45) is 0.166. The summed E-state index contributed by atoms with van der Waals surface area (Å²) in [6.45, 7) is 5.29. The molecule has 1 aromatic carbocycles. The number of pyridine rings is 1. The van der Waals surface area contributed by atoms with E-state index in [1.54, 1.807) is 12.3 Å². The van der Waals surface area contributed by atoms with E-state index in [0.717, 1.165) is 36.7 Å². The highest BCUT2D eigenvalue weighted by Crippen LogP contribution is 2.36. The summed E-state index contributed by atoms with van der Waals surface area (Å²) in [4.78, 5) is 6.88. The fourth-order valence-electron chi connectivity index (χ4n) is 4.75. The van der Waals surface area contributed by atoms with Crippen LogP contribution < -0.4 is 15.5 Å². The molecule has 2 fully saturated rings. The number of aromatic nitrogens is 3. The summed E-state index contributed by atoms with van der Waals surface area (Å²) >= 11 is 0. The second-order valence-electron chi connectivity index (χ2n) is 8.27. The molecule has 31 heavy (non-hydrogen) atoms. The molecule has 2 aliphatic heterocycles. The highest BCUT2D eigenvalue weighted by molar-refractivity contribution is 5.90. The van der Waals surface area contributed by atoms with Crippen LogP contribution in [0.5, 0.6) is 0 Å². The highest BCUT2D eigenvalue weighted by atomic mass is 19.4. The molecule has 2 N–H and O–H groups in total. The molecule has 4 heterocycles. The number of alkyl halides is 3. The first kappa shape index (κ1) is 20.0. The molecule has 0 aliphatic carbocycles. The van der Waals surface area contributed by atoms with Gasteiger partial charge in [0.2, 0.25) is 0 Å². The molecule has 2 aliphatic rings. The van der Waals surface area contributed by atoms with Crippen molar-refractivity contribution < 1.29 is 13.2 Å². The third-order valence-corrected chi connectivity index (χ3v) is 6.43. The van der Waals surface area contributed by atoms with E-state index >= 15 is 0 Å². The largest absolute Gasteiger partial charge is 0.416 e. The molecular formula is C22H23F3N6. The molecule has 0 radical (unpaired) electrons. The molecule has 0 spiro atoms. The first-order chi connectivity index (χ1) is 14.8. The quantitative estimate of drug-likeness (QED) is 0.653. The van der Waals surface area contributed by atoms with Crippen LogP contribution in [0.25, 0.3) is 10.9 Å². The van der Waals surface area contributed by atoms with Crippen LogP contribution in [0.15, 0.2) is 36.7 Å². The predicted molar refractivity (Wildman–Crippen MR) is 113 cm³/mol. The number of nitrogens with zero attached hydrogens (tertiary/aromatic N) is 4. The normalized spacial score (nSPS) is 21.6. The minimum atomic E-state index is -4.39. The van der Waals surface area contributed by atoms with Crippen molar-refractivity contribution in [2.45, 2.75) is 44.6 Å². The fraction of sp³-hybridized carbons (Fsp3) is 0.409. The van der Waals surface area contributed by atoms with E-state index in [-0.39, 0.29) is 5.56 Å². The van der Waals surface area contributed by atoms with Crippen LogP contribution in [0.4, 0.5) is 24.7 Å². The summed E-state index contributed by atoms with van der Waals surface area (Å²) in [7, 11) is 0. The smallest absolute Gasteiger partial charge is 0.364 e. The number of halogens is 3. The topological polar surface area (TPSA) is 66.0 Å². The molecule has 2 saturated heterocycles. The maximum atomic E-state index is 13.3. The van der Waals surface area contributed by atoms with Crippen molar-refractivity contribution in [2.75, 3.05) is 23.3 Å². The van der Waals surface area contributed by atoms with Gasteiger partial charge in [0.15, 0.2) is 5.82 Å². The van der Waals surface area contributed by atoms with Crippen molar-refractivity contribution in [1.82, 2.24) is 20.5 Å². The van der Waals surface area contributed by atoms with Gasteiger partial charge in [-0.1, -0.05) is 12.1 Å². The molecule has 0 saturated carbocycles. The number of rotatable bonds is 4. The second kappa shape index (κ2) is 7.33. The minimum absolute atomic E-state index is 0.211. The van der Waals surface area contributed by atoms with Crippen LogP contribution in [0.3, 0.4) is 0 Å². The van der Waals surface area contributed by atoms with Crippen molar-refractivity contribution in [3.63, 3.8) is 0 Å². The zero-order chi connectivity index (χ0) is 21.8. The van der Waals surface area contributed by atoms with Gasteiger partial charge in [-0.05, 0) is 50.1 Å². The SMILES string of the molecule is Cc1c([C@@H](C)Nc2nncc3ncc(N4C[C@H]5NCC[C@H]54)cc23)cccc1C(F)(F)F. The van der Waals surface area contributed by atoms with Gasteiger partial charge in [-0.2, -0.15) is 18.3 Å². The first-order valence-corrected chi connectivity index (χ1v) is 10.4. The molecule has 3 aromatic rings. The molecule has 6 nitrogen and oxygen atoms in total.